The number of ether oxygens (including phenoxy) is 1. The number of hydrogen-bond acceptors (Lipinski definition) is 1. The third kappa shape index (κ3) is 5.31. The van der Waals surface area contributed by atoms with Gasteiger partial charge < -0.3 is 14.2 Å². The summed E-state index contributed by atoms with van der Waals surface area (Å²) in [5.41, 5.74) is 3.63. The summed E-state index contributed by atoms with van der Waals surface area (Å²) in [6.07, 6.45) is 8.73. The molecule has 1 aliphatic carbocycles. The van der Waals surface area contributed by atoms with Crippen molar-refractivity contribution in [1.82, 2.24) is 4.57 Å². The van der Waals surface area contributed by atoms with Gasteiger partial charge in [-0.05, 0) is 67.6 Å². The fourth-order valence-electron chi connectivity index (χ4n) is 4.74. The maximum atomic E-state index is 13.6. The molecule has 30 heavy (non-hydrogen) atoms. The largest absolute Gasteiger partial charge is 0.497 e. The van der Waals surface area contributed by atoms with E-state index in [2.05, 4.69) is 41.1 Å². The summed E-state index contributed by atoms with van der Waals surface area (Å²) in [6, 6.07) is 20.4. The molecule has 1 N–H and O–H groups in total. The van der Waals surface area contributed by atoms with Gasteiger partial charge in [0.2, 0.25) is 0 Å². The Kier molecular flexibility index (Phi) is 6.85. The molecule has 0 saturated heterocycles. The monoisotopic (exact) mass is 407 g/mol. The van der Waals surface area contributed by atoms with Gasteiger partial charge in [0.15, 0.2) is 0 Å². The van der Waals surface area contributed by atoms with Gasteiger partial charge in [0.1, 0.15) is 24.7 Å². The molecule has 4 heteroatoms. The van der Waals surface area contributed by atoms with Gasteiger partial charge in [-0.2, -0.15) is 0 Å². The van der Waals surface area contributed by atoms with E-state index in [4.69, 9.17) is 4.74 Å². The Labute approximate surface area is 179 Å². The quantitative estimate of drug-likeness (QED) is 0.578. The molecule has 158 valence electrons. The molecule has 3 aromatic rings. The summed E-state index contributed by atoms with van der Waals surface area (Å²) in [5, 5.41) is 0. The summed E-state index contributed by atoms with van der Waals surface area (Å²) in [7, 11) is 1.73. The van der Waals surface area contributed by atoms with E-state index in [1.807, 2.05) is 12.1 Å². The number of aromatic nitrogens is 1. The summed E-state index contributed by atoms with van der Waals surface area (Å²) in [5.74, 6) is 0.749. The van der Waals surface area contributed by atoms with Crippen LogP contribution in [0.5, 0.6) is 5.75 Å². The average molecular weight is 408 g/mol. The van der Waals surface area contributed by atoms with Crippen LogP contribution in [0.15, 0.2) is 66.9 Å². The zero-order valence-electron chi connectivity index (χ0n) is 17.8. The van der Waals surface area contributed by atoms with Gasteiger partial charge in [-0.25, -0.2) is 4.39 Å². The standard InChI is InChI=1S/C26H31FN2O/c1-30-26-14-6-9-22(17-26)19-29(24-11-3-2-4-12-24)20-25-13-7-15-28(25)18-21-8-5-10-23(27)16-21/h5-10,13-17,24H,2-4,11-12,18-20H2,1H3/p+1. The molecule has 0 spiro atoms. The topological polar surface area (TPSA) is 18.6 Å². The number of nitrogens with one attached hydrogen (secondary N) is 1. The molecule has 3 nitrogen and oxygen atoms in total. The van der Waals surface area contributed by atoms with E-state index in [-0.39, 0.29) is 5.82 Å². The Balaban J connectivity index is 1.53. The third-order valence-electron chi connectivity index (χ3n) is 6.32. The van der Waals surface area contributed by atoms with Crippen molar-refractivity contribution in [3.63, 3.8) is 0 Å². The highest BCUT2D eigenvalue weighted by atomic mass is 19.1. The van der Waals surface area contributed by atoms with Crippen molar-refractivity contribution < 1.29 is 14.0 Å². The molecule has 0 radical (unpaired) electrons. The number of halogens is 1. The normalized spacial score (nSPS) is 15.8. The molecule has 1 atom stereocenters. The molecular formula is C26H32FN2O+. The van der Waals surface area contributed by atoms with E-state index in [0.29, 0.717) is 12.6 Å². The Morgan fingerprint density at radius 2 is 1.73 bits per heavy atom. The smallest absolute Gasteiger partial charge is 0.123 e. The van der Waals surface area contributed by atoms with E-state index < -0.39 is 0 Å². The minimum Gasteiger partial charge on any atom is -0.497 e. The first-order chi connectivity index (χ1) is 14.7. The molecule has 1 heterocycles. The van der Waals surface area contributed by atoms with Crippen LogP contribution in [0.4, 0.5) is 4.39 Å². The molecule has 1 unspecified atom stereocenters. The number of nitrogens with zero attached hydrogens (tertiary/aromatic N) is 1. The van der Waals surface area contributed by atoms with Crippen molar-refractivity contribution in [2.75, 3.05) is 7.11 Å². The van der Waals surface area contributed by atoms with Crippen LogP contribution in [0.2, 0.25) is 0 Å². The van der Waals surface area contributed by atoms with Gasteiger partial charge in [-0.1, -0.05) is 30.7 Å². The SMILES string of the molecule is COc1cccc(C[NH+](Cc2cccn2Cc2cccc(F)c2)C2CCCCC2)c1. The molecule has 0 bridgehead atoms. The highest BCUT2D eigenvalue weighted by Gasteiger charge is 2.26. The molecule has 2 aromatic carbocycles. The van der Waals surface area contributed by atoms with Crippen LogP contribution >= 0.6 is 0 Å². The van der Waals surface area contributed by atoms with Crippen molar-refractivity contribution in [3.8, 4) is 5.75 Å². The second-order valence-corrected chi connectivity index (χ2v) is 8.46. The highest BCUT2D eigenvalue weighted by Crippen LogP contribution is 2.18. The first-order valence-electron chi connectivity index (χ1n) is 11.1. The van der Waals surface area contributed by atoms with Gasteiger partial charge in [-0.15, -0.1) is 0 Å². The lowest BCUT2D eigenvalue weighted by Crippen LogP contribution is -3.13. The Morgan fingerprint density at radius 1 is 0.933 bits per heavy atom. The van der Waals surface area contributed by atoms with Crippen molar-refractivity contribution in [2.24, 2.45) is 0 Å². The van der Waals surface area contributed by atoms with Crippen LogP contribution < -0.4 is 9.64 Å². The number of rotatable bonds is 8. The summed E-state index contributed by atoms with van der Waals surface area (Å²) in [4.78, 5) is 1.61. The summed E-state index contributed by atoms with van der Waals surface area (Å²) >= 11 is 0. The number of methoxy groups -OCH3 is 1. The van der Waals surface area contributed by atoms with E-state index in [1.165, 1.54) is 49.4 Å². The number of hydrogen-bond donors (Lipinski definition) is 1. The van der Waals surface area contributed by atoms with Crippen molar-refractivity contribution in [1.29, 1.82) is 0 Å². The lowest BCUT2D eigenvalue weighted by Gasteiger charge is -2.32. The zero-order chi connectivity index (χ0) is 20.8. The van der Waals surface area contributed by atoms with E-state index in [1.54, 1.807) is 24.1 Å². The van der Waals surface area contributed by atoms with Crippen LogP contribution in [0.25, 0.3) is 0 Å². The first kappa shape index (κ1) is 20.7. The lowest BCUT2D eigenvalue weighted by atomic mass is 9.93. The van der Waals surface area contributed by atoms with Crippen molar-refractivity contribution in [2.45, 2.75) is 57.8 Å². The Bertz CT molecular complexity index is 945. The van der Waals surface area contributed by atoms with Gasteiger partial charge in [-0.3, -0.25) is 0 Å². The summed E-state index contributed by atoms with van der Waals surface area (Å²) < 4.78 is 21.3. The number of quaternary nitrogens is 1. The van der Waals surface area contributed by atoms with Crippen LogP contribution in [-0.4, -0.2) is 17.7 Å². The van der Waals surface area contributed by atoms with Crippen LogP contribution in [0.1, 0.15) is 48.9 Å². The minimum atomic E-state index is -0.173. The van der Waals surface area contributed by atoms with Gasteiger partial charge in [0.05, 0.1) is 18.8 Å². The Morgan fingerprint density at radius 3 is 2.53 bits per heavy atom. The molecule has 1 aliphatic rings. The average Bonchev–Trinajstić information content (AvgIpc) is 3.20. The van der Waals surface area contributed by atoms with Gasteiger partial charge >= 0.3 is 0 Å². The maximum absolute atomic E-state index is 13.6. The third-order valence-corrected chi connectivity index (χ3v) is 6.32. The van der Waals surface area contributed by atoms with E-state index in [9.17, 15) is 4.39 Å². The Hall–Kier alpha value is -2.59. The van der Waals surface area contributed by atoms with E-state index >= 15 is 0 Å². The van der Waals surface area contributed by atoms with Crippen LogP contribution in [0.3, 0.4) is 0 Å². The molecule has 1 aromatic heterocycles. The predicted molar refractivity (Wildman–Crippen MR) is 118 cm³/mol. The fourth-order valence-corrected chi connectivity index (χ4v) is 4.74. The zero-order valence-corrected chi connectivity index (χ0v) is 17.8. The molecule has 1 fully saturated rings. The summed E-state index contributed by atoms with van der Waals surface area (Å²) in [6.45, 7) is 2.68. The van der Waals surface area contributed by atoms with Crippen LogP contribution in [-0.2, 0) is 19.6 Å². The van der Waals surface area contributed by atoms with Gasteiger partial charge in [0, 0.05) is 18.3 Å². The van der Waals surface area contributed by atoms with Gasteiger partial charge in [0.25, 0.3) is 0 Å². The molecule has 4 rings (SSSR count). The second-order valence-electron chi connectivity index (χ2n) is 8.46. The number of benzene rings is 2. The lowest BCUT2D eigenvalue weighted by molar-refractivity contribution is -0.953. The predicted octanol–water partition coefficient (Wildman–Crippen LogP) is 4.60. The van der Waals surface area contributed by atoms with Crippen molar-refractivity contribution >= 4 is 0 Å². The molecule has 0 amide bonds. The maximum Gasteiger partial charge on any atom is 0.123 e. The van der Waals surface area contributed by atoms with Crippen LogP contribution in [0, 0.1) is 5.82 Å². The van der Waals surface area contributed by atoms with E-state index in [0.717, 1.165) is 24.4 Å². The molecule has 0 aliphatic heterocycles. The second kappa shape index (κ2) is 9.94. The minimum absolute atomic E-state index is 0.173. The fraction of sp³-hybridized carbons (Fsp3) is 0.385. The molecular weight excluding hydrogens is 375 g/mol. The molecule has 1 saturated carbocycles. The van der Waals surface area contributed by atoms with Crippen molar-refractivity contribution in [3.05, 3.63) is 89.5 Å². The highest BCUT2D eigenvalue weighted by molar-refractivity contribution is 5.27. The first-order valence-corrected chi connectivity index (χ1v) is 11.1.